The molecule has 0 aliphatic carbocycles. The second kappa shape index (κ2) is 2.43. The SMILES string of the molecule is O=C(Cl)C12CC3CN(C1)NN(C2)N3. The molecule has 0 aromatic carbocycles. The number of carbonyl (C=O) groups excluding carboxylic acids is 1. The van der Waals surface area contributed by atoms with Gasteiger partial charge in [0, 0.05) is 25.7 Å². The molecule has 2 N–H and O–H groups in total. The number of nitrogens with zero attached hydrogens (tertiary/aromatic N) is 2. The highest BCUT2D eigenvalue weighted by molar-refractivity contribution is 6.64. The zero-order valence-corrected chi connectivity index (χ0v) is 7.84. The number of piperidine rings is 1. The smallest absolute Gasteiger partial charge is 0.230 e. The monoisotopic (exact) mass is 202 g/mol. The zero-order chi connectivity index (χ0) is 9.05. The van der Waals surface area contributed by atoms with Gasteiger partial charge < -0.3 is 0 Å². The standard InChI is InChI=1S/C7H11ClN4O/c8-6(13)7-1-5-2-11(3-7)10-12(4-7)9-5/h5,9-10H,1-4H2. The highest BCUT2D eigenvalue weighted by atomic mass is 35.5. The van der Waals surface area contributed by atoms with E-state index in [2.05, 4.69) is 16.0 Å². The number of hydrogen-bond acceptors (Lipinski definition) is 5. The summed E-state index contributed by atoms with van der Waals surface area (Å²) in [7, 11) is 0. The first kappa shape index (κ1) is 8.14. The number of hydrogen-bond donors (Lipinski definition) is 2. The van der Waals surface area contributed by atoms with Crippen molar-refractivity contribution >= 4 is 16.8 Å². The van der Waals surface area contributed by atoms with Crippen LogP contribution in [0.1, 0.15) is 6.42 Å². The Hall–Kier alpha value is -0.200. The van der Waals surface area contributed by atoms with E-state index in [1.165, 1.54) is 0 Å². The number of halogens is 1. The van der Waals surface area contributed by atoms with E-state index in [0.29, 0.717) is 12.6 Å². The molecule has 4 saturated heterocycles. The Balaban J connectivity index is 1.95. The highest BCUT2D eigenvalue weighted by Crippen LogP contribution is 2.38. The fourth-order valence-electron chi connectivity index (χ4n) is 2.58. The predicted octanol–water partition coefficient (Wildman–Crippen LogP) is -0.934. The van der Waals surface area contributed by atoms with Gasteiger partial charge in [-0.1, -0.05) is 0 Å². The summed E-state index contributed by atoms with van der Waals surface area (Å²) in [4.78, 5) is 11.4. The van der Waals surface area contributed by atoms with Gasteiger partial charge in [0.05, 0.1) is 5.41 Å². The van der Waals surface area contributed by atoms with Crippen LogP contribution in [0.4, 0.5) is 0 Å². The van der Waals surface area contributed by atoms with Crippen LogP contribution in [0.5, 0.6) is 0 Å². The number of nitrogens with one attached hydrogen (secondary N) is 2. The molecule has 4 heterocycles. The van der Waals surface area contributed by atoms with Gasteiger partial charge in [0.15, 0.2) is 0 Å². The second-order valence-corrected chi connectivity index (χ2v) is 4.49. The van der Waals surface area contributed by atoms with Crippen LogP contribution in [0, 0.1) is 5.41 Å². The fourth-order valence-corrected chi connectivity index (χ4v) is 2.78. The van der Waals surface area contributed by atoms with Gasteiger partial charge in [-0.05, 0) is 18.0 Å². The molecule has 4 aliphatic rings. The first-order valence-corrected chi connectivity index (χ1v) is 4.81. The summed E-state index contributed by atoms with van der Waals surface area (Å²) in [6, 6.07) is 0.367. The van der Waals surface area contributed by atoms with Crippen molar-refractivity contribution in [1.29, 1.82) is 0 Å². The number of carbonyl (C=O) groups is 1. The summed E-state index contributed by atoms with van der Waals surface area (Å²) < 4.78 is 0. The van der Waals surface area contributed by atoms with Crippen molar-refractivity contribution < 1.29 is 4.79 Å². The van der Waals surface area contributed by atoms with E-state index >= 15 is 0 Å². The minimum atomic E-state index is -0.346. The Morgan fingerprint density at radius 2 is 2.38 bits per heavy atom. The minimum Gasteiger partial charge on any atom is -0.281 e. The molecule has 5 nitrogen and oxygen atoms in total. The van der Waals surface area contributed by atoms with Crippen LogP contribution < -0.4 is 11.0 Å². The van der Waals surface area contributed by atoms with Gasteiger partial charge in [0.1, 0.15) is 0 Å². The Morgan fingerprint density at radius 3 is 3.00 bits per heavy atom. The van der Waals surface area contributed by atoms with Crippen molar-refractivity contribution in [3.8, 4) is 0 Å². The zero-order valence-electron chi connectivity index (χ0n) is 7.09. The van der Waals surface area contributed by atoms with Crippen molar-refractivity contribution in [2.24, 2.45) is 5.41 Å². The molecule has 6 heteroatoms. The fraction of sp³-hybridized carbons (Fsp3) is 0.857. The average molecular weight is 203 g/mol. The van der Waals surface area contributed by atoms with Crippen LogP contribution in [0.3, 0.4) is 0 Å². The summed E-state index contributed by atoms with van der Waals surface area (Å²) in [5.74, 6) is 0. The Labute approximate surface area is 80.9 Å². The topological polar surface area (TPSA) is 47.6 Å². The Morgan fingerprint density at radius 1 is 1.54 bits per heavy atom. The van der Waals surface area contributed by atoms with Gasteiger partial charge in [-0.15, -0.1) is 0 Å². The van der Waals surface area contributed by atoms with Crippen molar-refractivity contribution in [1.82, 2.24) is 21.1 Å². The summed E-state index contributed by atoms with van der Waals surface area (Å²) in [5, 5.41) is 3.71. The molecule has 0 saturated carbocycles. The summed E-state index contributed by atoms with van der Waals surface area (Å²) in [5.41, 5.74) is 6.05. The van der Waals surface area contributed by atoms with Crippen LogP contribution in [0.15, 0.2) is 0 Å². The van der Waals surface area contributed by atoms with E-state index in [-0.39, 0.29) is 10.7 Å². The molecule has 4 atom stereocenters. The lowest BCUT2D eigenvalue weighted by molar-refractivity contribution is -0.198. The molecular weight excluding hydrogens is 192 g/mol. The van der Waals surface area contributed by atoms with Gasteiger partial charge in [0.2, 0.25) is 5.24 Å². The predicted molar refractivity (Wildman–Crippen MR) is 46.2 cm³/mol. The molecule has 0 spiro atoms. The molecule has 0 radical (unpaired) electrons. The van der Waals surface area contributed by atoms with Gasteiger partial charge in [-0.3, -0.25) is 4.79 Å². The molecule has 72 valence electrons. The summed E-state index contributed by atoms with van der Waals surface area (Å²) in [6.07, 6.45) is 0.865. The van der Waals surface area contributed by atoms with Crippen LogP contribution in [0.2, 0.25) is 0 Å². The van der Waals surface area contributed by atoms with Crippen molar-refractivity contribution in [3.63, 3.8) is 0 Å². The summed E-state index contributed by atoms with van der Waals surface area (Å²) in [6.45, 7) is 2.36. The molecule has 0 aromatic rings. The Bertz CT molecular complexity index is 234. The van der Waals surface area contributed by atoms with Crippen molar-refractivity contribution in [3.05, 3.63) is 0 Å². The molecular formula is C7H11ClN4O. The van der Waals surface area contributed by atoms with Crippen LogP contribution in [0.25, 0.3) is 0 Å². The maximum absolute atomic E-state index is 11.4. The Kier molecular flexibility index (Phi) is 1.52. The third kappa shape index (κ3) is 1.05. The lowest BCUT2D eigenvalue weighted by Gasteiger charge is -2.57. The van der Waals surface area contributed by atoms with Gasteiger partial charge in [0.25, 0.3) is 0 Å². The third-order valence-electron chi connectivity index (χ3n) is 3.05. The normalized spacial score (nSPS) is 52.5. The van der Waals surface area contributed by atoms with Crippen molar-refractivity contribution in [2.45, 2.75) is 12.5 Å². The molecule has 0 aromatic heterocycles. The van der Waals surface area contributed by atoms with Gasteiger partial charge >= 0.3 is 0 Å². The third-order valence-corrected chi connectivity index (χ3v) is 3.45. The molecule has 4 aliphatic heterocycles. The van der Waals surface area contributed by atoms with E-state index < -0.39 is 0 Å². The second-order valence-electron chi connectivity index (χ2n) is 4.15. The molecule has 4 fully saturated rings. The van der Waals surface area contributed by atoms with Crippen LogP contribution in [-0.4, -0.2) is 41.0 Å². The summed E-state index contributed by atoms with van der Waals surface area (Å²) >= 11 is 5.65. The molecule has 4 rings (SSSR count). The number of hydrazine groups is 3. The van der Waals surface area contributed by atoms with E-state index in [0.717, 1.165) is 19.5 Å². The first-order chi connectivity index (χ1) is 6.18. The van der Waals surface area contributed by atoms with E-state index in [4.69, 9.17) is 11.6 Å². The van der Waals surface area contributed by atoms with Gasteiger partial charge in [-0.2, -0.15) is 10.7 Å². The number of rotatable bonds is 1. The van der Waals surface area contributed by atoms with Crippen LogP contribution in [-0.2, 0) is 4.79 Å². The van der Waals surface area contributed by atoms with Crippen LogP contribution >= 0.6 is 11.6 Å². The molecule has 13 heavy (non-hydrogen) atoms. The average Bonchev–Trinajstić information content (AvgIpc) is 2.00. The molecule has 4 bridgehead atoms. The lowest BCUT2D eigenvalue weighted by atomic mass is 9.77. The maximum Gasteiger partial charge on any atom is 0.230 e. The maximum atomic E-state index is 11.4. The first-order valence-electron chi connectivity index (χ1n) is 4.43. The lowest BCUT2D eigenvalue weighted by Crippen LogP contribution is -2.80. The van der Waals surface area contributed by atoms with E-state index in [1.54, 1.807) is 0 Å². The van der Waals surface area contributed by atoms with E-state index in [9.17, 15) is 4.79 Å². The van der Waals surface area contributed by atoms with Crippen molar-refractivity contribution in [2.75, 3.05) is 19.6 Å². The molecule has 0 amide bonds. The van der Waals surface area contributed by atoms with Gasteiger partial charge in [-0.25, -0.2) is 10.4 Å². The highest BCUT2D eigenvalue weighted by Gasteiger charge is 2.53. The minimum absolute atomic E-state index is 0.199. The largest absolute Gasteiger partial charge is 0.281 e. The quantitative estimate of drug-likeness (QED) is 0.538. The molecule has 4 unspecified atom stereocenters. The van der Waals surface area contributed by atoms with E-state index in [1.807, 2.05) is 5.12 Å².